The van der Waals surface area contributed by atoms with E-state index in [1.165, 1.54) is 13.2 Å². The Morgan fingerprint density at radius 3 is 2.88 bits per heavy atom. The Bertz CT molecular complexity index is 914. The number of hydrogen-bond donors (Lipinski definition) is 2. The van der Waals surface area contributed by atoms with E-state index in [1.807, 2.05) is 13.0 Å². The summed E-state index contributed by atoms with van der Waals surface area (Å²) < 4.78 is 11.2. The smallest absolute Gasteiger partial charge is 0.328 e. The van der Waals surface area contributed by atoms with E-state index in [0.29, 0.717) is 5.76 Å². The van der Waals surface area contributed by atoms with Gasteiger partial charge in [0.2, 0.25) is 0 Å². The number of benzene rings is 1. The van der Waals surface area contributed by atoms with Crippen LogP contribution in [0, 0.1) is 0 Å². The van der Waals surface area contributed by atoms with Crippen molar-refractivity contribution in [2.24, 2.45) is 0 Å². The van der Waals surface area contributed by atoms with Crippen LogP contribution in [0.5, 0.6) is 5.75 Å². The fraction of sp³-hybridized carbons (Fsp3) is 0.286. The second-order valence-corrected chi connectivity index (χ2v) is 6.45. The minimum Gasteiger partial charge on any atom is -0.508 e. The van der Waals surface area contributed by atoms with Gasteiger partial charge in [-0.05, 0) is 50.1 Å². The molecule has 26 heavy (non-hydrogen) atoms. The van der Waals surface area contributed by atoms with Gasteiger partial charge in [-0.25, -0.2) is 4.79 Å². The highest BCUT2D eigenvalue weighted by Crippen LogP contribution is 2.41. The van der Waals surface area contributed by atoms with E-state index < -0.39 is 5.97 Å². The number of carboxylic acid groups (broad SMARTS) is 1. The van der Waals surface area contributed by atoms with Crippen molar-refractivity contribution < 1.29 is 24.2 Å². The van der Waals surface area contributed by atoms with E-state index in [4.69, 9.17) is 14.3 Å². The first-order valence-electron chi connectivity index (χ1n) is 8.57. The van der Waals surface area contributed by atoms with Gasteiger partial charge in [-0.3, -0.25) is 0 Å². The molecule has 0 spiro atoms. The molecule has 5 nitrogen and oxygen atoms in total. The van der Waals surface area contributed by atoms with Crippen LogP contribution in [-0.4, -0.2) is 23.3 Å². The highest BCUT2D eigenvalue weighted by molar-refractivity contribution is 5.85. The van der Waals surface area contributed by atoms with Gasteiger partial charge in [0.15, 0.2) is 0 Å². The molecule has 0 saturated carbocycles. The van der Waals surface area contributed by atoms with Crippen LogP contribution >= 0.6 is 0 Å². The SMILES string of the molecule is COC(C=CC(=O)O)=CC(C)=C[C@@H]1CCCc2oc3ccc(O)cc3c21. The molecule has 1 atom stereocenters. The lowest BCUT2D eigenvalue weighted by Crippen LogP contribution is -2.06. The van der Waals surface area contributed by atoms with Gasteiger partial charge in [0.1, 0.15) is 22.9 Å². The highest BCUT2D eigenvalue weighted by atomic mass is 16.5. The van der Waals surface area contributed by atoms with Crippen LogP contribution in [0.1, 0.15) is 37.0 Å². The summed E-state index contributed by atoms with van der Waals surface area (Å²) in [5, 5.41) is 19.5. The largest absolute Gasteiger partial charge is 0.508 e. The van der Waals surface area contributed by atoms with Gasteiger partial charge < -0.3 is 19.4 Å². The van der Waals surface area contributed by atoms with Crippen LogP contribution in [0.4, 0.5) is 0 Å². The molecule has 0 saturated heterocycles. The second kappa shape index (κ2) is 7.52. The maximum atomic E-state index is 10.7. The summed E-state index contributed by atoms with van der Waals surface area (Å²) >= 11 is 0. The van der Waals surface area contributed by atoms with Crippen LogP contribution in [0.25, 0.3) is 11.0 Å². The predicted octanol–water partition coefficient (Wildman–Crippen LogP) is 4.68. The predicted molar refractivity (Wildman–Crippen MR) is 99.2 cm³/mol. The number of fused-ring (bicyclic) bond motifs is 3. The highest BCUT2D eigenvalue weighted by Gasteiger charge is 2.25. The van der Waals surface area contributed by atoms with E-state index in [2.05, 4.69) is 6.08 Å². The minimum atomic E-state index is -1.02. The number of aryl methyl sites for hydroxylation is 1. The van der Waals surface area contributed by atoms with Crippen molar-refractivity contribution in [3.05, 3.63) is 65.2 Å². The van der Waals surface area contributed by atoms with Crippen molar-refractivity contribution >= 4 is 16.9 Å². The van der Waals surface area contributed by atoms with Crippen LogP contribution in [0.15, 0.2) is 58.3 Å². The molecule has 0 unspecified atom stereocenters. The number of rotatable bonds is 5. The molecule has 3 rings (SSSR count). The quantitative estimate of drug-likeness (QED) is 0.463. The van der Waals surface area contributed by atoms with E-state index >= 15 is 0 Å². The zero-order valence-electron chi connectivity index (χ0n) is 14.9. The van der Waals surface area contributed by atoms with Crippen molar-refractivity contribution in [3.63, 3.8) is 0 Å². The number of ether oxygens (including phenoxy) is 1. The Morgan fingerprint density at radius 2 is 2.15 bits per heavy atom. The third-order valence-electron chi connectivity index (χ3n) is 4.54. The van der Waals surface area contributed by atoms with Gasteiger partial charge in [-0.1, -0.05) is 11.6 Å². The number of carbonyl (C=O) groups is 1. The van der Waals surface area contributed by atoms with E-state index in [0.717, 1.165) is 53.2 Å². The van der Waals surface area contributed by atoms with Crippen LogP contribution < -0.4 is 0 Å². The van der Waals surface area contributed by atoms with Gasteiger partial charge in [0.05, 0.1) is 7.11 Å². The molecule has 2 aromatic rings. The molecular weight excluding hydrogens is 332 g/mol. The number of methoxy groups -OCH3 is 1. The first-order chi connectivity index (χ1) is 12.5. The Morgan fingerprint density at radius 1 is 1.35 bits per heavy atom. The standard InChI is InChI=1S/C21H22O5/c1-13(11-16(25-2)7-9-20(23)24)10-14-4-3-5-19-21(14)17-12-15(22)6-8-18(17)26-19/h6-12,14,22H,3-5H2,1-2H3,(H,23,24)/t14-/m0/s1. The molecule has 1 aliphatic rings. The Labute approximate surface area is 151 Å². The molecule has 1 aliphatic carbocycles. The van der Waals surface area contributed by atoms with Crippen molar-refractivity contribution in [2.45, 2.75) is 32.1 Å². The third kappa shape index (κ3) is 3.82. The van der Waals surface area contributed by atoms with Gasteiger partial charge in [0.25, 0.3) is 0 Å². The summed E-state index contributed by atoms with van der Waals surface area (Å²) in [5.74, 6) is 0.849. The molecule has 5 heteroatoms. The summed E-state index contributed by atoms with van der Waals surface area (Å²) in [6.07, 6.45) is 9.36. The second-order valence-electron chi connectivity index (χ2n) is 6.45. The summed E-state index contributed by atoms with van der Waals surface area (Å²) in [6.45, 7) is 1.96. The normalized spacial score (nSPS) is 18.3. The summed E-state index contributed by atoms with van der Waals surface area (Å²) in [5.41, 5.74) is 2.91. The maximum Gasteiger partial charge on any atom is 0.328 e. The lowest BCUT2D eigenvalue weighted by atomic mass is 9.84. The van der Waals surface area contributed by atoms with Gasteiger partial charge in [-0.15, -0.1) is 0 Å². The van der Waals surface area contributed by atoms with Gasteiger partial charge in [0, 0.05) is 29.4 Å². The molecule has 0 amide bonds. The number of phenols is 1. The molecule has 0 fully saturated rings. The van der Waals surface area contributed by atoms with Crippen molar-refractivity contribution in [1.82, 2.24) is 0 Å². The third-order valence-corrected chi connectivity index (χ3v) is 4.54. The topological polar surface area (TPSA) is 79.9 Å². The number of phenolic OH excluding ortho intramolecular Hbond substituents is 1. The zero-order chi connectivity index (χ0) is 18.7. The summed E-state index contributed by atoms with van der Waals surface area (Å²) in [4.78, 5) is 10.7. The number of furan rings is 1. The average molecular weight is 354 g/mol. The molecule has 1 aromatic heterocycles. The van der Waals surface area contributed by atoms with Crippen LogP contribution in [0.3, 0.4) is 0 Å². The first-order valence-corrected chi connectivity index (χ1v) is 8.57. The number of hydrogen-bond acceptors (Lipinski definition) is 4. The van der Waals surface area contributed by atoms with E-state index in [1.54, 1.807) is 18.2 Å². The molecule has 0 radical (unpaired) electrons. The van der Waals surface area contributed by atoms with Crippen molar-refractivity contribution in [1.29, 1.82) is 0 Å². The lowest BCUT2D eigenvalue weighted by molar-refractivity contribution is -0.131. The zero-order valence-corrected chi connectivity index (χ0v) is 14.9. The van der Waals surface area contributed by atoms with Crippen LogP contribution in [0.2, 0.25) is 0 Å². The Balaban J connectivity index is 1.96. The van der Waals surface area contributed by atoms with Crippen molar-refractivity contribution in [3.8, 4) is 5.75 Å². The Hall–Kier alpha value is -2.95. The number of allylic oxidation sites excluding steroid dienone is 4. The first kappa shape index (κ1) is 17.9. The monoisotopic (exact) mass is 354 g/mol. The number of aliphatic carboxylic acids is 1. The Kier molecular flexibility index (Phi) is 5.16. The molecular formula is C21H22O5. The average Bonchev–Trinajstić information content (AvgIpc) is 2.97. The van der Waals surface area contributed by atoms with E-state index in [-0.39, 0.29) is 11.7 Å². The summed E-state index contributed by atoms with van der Waals surface area (Å²) in [6, 6.07) is 5.19. The van der Waals surface area contributed by atoms with E-state index in [9.17, 15) is 9.90 Å². The molecule has 0 aliphatic heterocycles. The van der Waals surface area contributed by atoms with Crippen molar-refractivity contribution in [2.75, 3.05) is 7.11 Å². The fourth-order valence-corrected chi connectivity index (χ4v) is 3.46. The summed E-state index contributed by atoms with van der Waals surface area (Å²) in [7, 11) is 1.51. The molecule has 1 heterocycles. The molecule has 0 bridgehead atoms. The number of carboxylic acids is 1. The molecule has 2 N–H and O–H groups in total. The molecule has 136 valence electrons. The number of aromatic hydroxyl groups is 1. The molecule has 1 aromatic carbocycles. The van der Waals surface area contributed by atoms with Crippen LogP contribution in [-0.2, 0) is 16.0 Å². The minimum absolute atomic E-state index is 0.180. The fourth-order valence-electron chi connectivity index (χ4n) is 3.46. The maximum absolute atomic E-state index is 10.7. The lowest BCUT2D eigenvalue weighted by Gasteiger charge is -2.19. The van der Waals surface area contributed by atoms with Gasteiger partial charge in [-0.2, -0.15) is 0 Å². The van der Waals surface area contributed by atoms with Gasteiger partial charge >= 0.3 is 5.97 Å².